The Morgan fingerprint density at radius 2 is 1.65 bits per heavy atom. The summed E-state index contributed by atoms with van der Waals surface area (Å²) in [7, 11) is 3.39. The Kier molecular flexibility index (Phi) is 5.56. The molecule has 0 radical (unpaired) electrons. The molecule has 2 aliphatic rings. The molecule has 1 fully saturated rings. The normalized spacial score (nSPS) is 17.1. The molecular formula is C25H29N3O3. The minimum absolute atomic E-state index is 0.0190. The summed E-state index contributed by atoms with van der Waals surface area (Å²) in [6.07, 6.45) is 1.53. The van der Waals surface area contributed by atoms with Crippen LogP contribution in [0.25, 0.3) is 0 Å². The first kappa shape index (κ1) is 21.1. The third-order valence-electron chi connectivity index (χ3n) is 6.60. The van der Waals surface area contributed by atoms with Gasteiger partial charge in [-0.3, -0.25) is 14.4 Å². The van der Waals surface area contributed by atoms with Gasteiger partial charge in [0.2, 0.25) is 17.7 Å². The SMILES string of the molecule is Cc1ccc(CC(=O)N2CCC3(CC2)C(=O)N(CC(=O)N(C)C)c2ccccc23)cc1. The van der Waals surface area contributed by atoms with E-state index in [-0.39, 0.29) is 24.3 Å². The van der Waals surface area contributed by atoms with Crippen LogP contribution in [-0.2, 0) is 26.2 Å². The smallest absolute Gasteiger partial charge is 0.242 e. The number of nitrogens with zero attached hydrogens (tertiary/aromatic N) is 3. The van der Waals surface area contributed by atoms with Crippen LogP contribution in [-0.4, -0.2) is 61.3 Å². The molecule has 0 atom stereocenters. The molecule has 1 saturated heterocycles. The average Bonchev–Trinajstić information content (AvgIpc) is 2.98. The first-order valence-corrected chi connectivity index (χ1v) is 10.8. The van der Waals surface area contributed by atoms with E-state index in [9.17, 15) is 14.4 Å². The molecule has 31 heavy (non-hydrogen) atoms. The van der Waals surface area contributed by atoms with Crippen LogP contribution >= 0.6 is 0 Å². The Hall–Kier alpha value is -3.15. The maximum atomic E-state index is 13.5. The van der Waals surface area contributed by atoms with E-state index in [1.165, 1.54) is 10.5 Å². The van der Waals surface area contributed by atoms with E-state index < -0.39 is 5.41 Å². The van der Waals surface area contributed by atoms with Crippen LogP contribution in [0, 0.1) is 6.92 Å². The molecule has 2 heterocycles. The Bertz CT molecular complexity index is 1000. The van der Waals surface area contributed by atoms with Crippen molar-refractivity contribution in [1.29, 1.82) is 0 Å². The summed E-state index contributed by atoms with van der Waals surface area (Å²) < 4.78 is 0. The van der Waals surface area contributed by atoms with Gasteiger partial charge in [-0.25, -0.2) is 0 Å². The van der Waals surface area contributed by atoms with Crippen molar-refractivity contribution in [3.63, 3.8) is 0 Å². The summed E-state index contributed by atoms with van der Waals surface area (Å²) in [6.45, 7) is 3.16. The molecule has 2 aromatic carbocycles. The Labute approximate surface area is 183 Å². The number of benzene rings is 2. The molecule has 0 unspecified atom stereocenters. The number of carbonyl (C=O) groups excluding carboxylic acids is 3. The molecule has 6 heteroatoms. The maximum absolute atomic E-state index is 13.5. The van der Waals surface area contributed by atoms with Gasteiger partial charge in [0.1, 0.15) is 6.54 Å². The van der Waals surface area contributed by atoms with Crippen molar-refractivity contribution >= 4 is 23.4 Å². The molecule has 1 spiro atoms. The molecule has 0 aromatic heterocycles. The van der Waals surface area contributed by atoms with Crippen LogP contribution in [0.15, 0.2) is 48.5 Å². The highest BCUT2D eigenvalue weighted by molar-refractivity contribution is 6.10. The fourth-order valence-corrected chi connectivity index (χ4v) is 4.64. The zero-order valence-electron chi connectivity index (χ0n) is 18.4. The quantitative estimate of drug-likeness (QED) is 0.765. The topological polar surface area (TPSA) is 60.9 Å². The van der Waals surface area contributed by atoms with Gasteiger partial charge in [-0.05, 0) is 37.0 Å². The summed E-state index contributed by atoms with van der Waals surface area (Å²) in [5.41, 5.74) is 3.33. The molecule has 6 nitrogen and oxygen atoms in total. The molecule has 162 valence electrons. The highest BCUT2D eigenvalue weighted by Gasteiger charge is 2.52. The molecule has 3 amide bonds. The van der Waals surface area contributed by atoms with E-state index in [4.69, 9.17) is 0 Å². The number of aryl methyl sites for hydroxylation is 1. The van der Waals surface area contributed by atoms with Crippen LogP contribution in [0.1, 0.15) is 29.5 Å². The van der Waals surface area contributed by atoms with Crippen LogP contribution < -0.4 is 4.90 Å². The van der Waals surface area contributed by atoms with Gasteiger partial charge in [-0.15, -0.1) is 0 Å². The van der Waals surface area contributed by atoms with E-state index in [0.717, 1.165) is 16.8 Å². The van der Waals surface area contributed by atoms with Gasteiger partial charge in [0.15, 0.2) is 0 Å². The second-order valence-corrected chi connectivity index (χ2v) is 8.82. The van der Waals surface area contributed by atoms with Crippen molar-refractivity contribution in [3.05, 3.63) is 65.2 Å². The van der Waals surface area contributed by atoms with Crippen LogP contribution in [0.3, 0.4) is 0 Å². The lowest BCUT2D eigenvalue weighted by Gasteiger charge is -2.38. The van der Waals surface area contributed by atoms with Crippen molar-refractivity contribution in [2.75, 3.05) is 38.6 Å². The van der Waals surface area contributed by atoms with Gasteiger partial charge in [0.25, 0.3) is 0 Å². The van der Waals surface area contributed by atoms with Crippen LogP contribution in [0.4, 0.5) is 5.69 Å². The molecule has 2 aliphatic heterocycles. The highest BCUT2D eigenvalue weighted by Crippen LogP contribution is 2.47. The molecule has 0 N–H and O–H groups in total. The predicted octanol–water partition coefficient (Wildman–Crippen LogP) is 2.53. The first-order chi connectivity index (χ1) is 14.8. The molecule has 0 saturated carbocycles. The van der Waals surface area contributed by atoms with E-state index in [2.05, 4.69) is 0 Å². The second-order valence-electron chi connectivity index (χ2n) is 8.82. The summed E-state index contributed by atoms with van der Waals surface area (Å²) in [6, 6.07) is 15.8. The molecular weight excluding hydrogens is 390 g/mol. The lowest BCUT2D eigenvalue weighted by molar-refractivity contribution is -0.135. The van der Waals surface area contributed by atoms with Crippen molar-refractivity contribution < 1.29 is 14.4 Å². The van der Waals surface area contributed by atoms with Crippen LogP contribution in [0.2, 0.25) is 0 Å². The maximum Gasteiger partial charge on any atom is 0.242 e. The van der Waals surface area contributed by atoms with Crippen molar-refractivity contribution in [1.82, 2.24) is 9.80 Å². The monoisotopic (exact) mass is 419 g/mol. The number of hydrogen-bond donors (Lipinski definition) is 0. The van der Waals surface area contributed by atoms with E-state index >= 15 is 0 Å². The standard InChI is InChI=1S/C25H29N3O3/c1-18-8-10-19(11-9-18)16-22(29)27-14-12-25(13-15-27)20-6-4-5-7-21(20)28(24(25)31)17-23(30)26(2)3/h4-11H,12-17H2,1-3H3. The van der Waals surface area contributed by atoms with Gasteiger partial charge >= 0.3 is 0 Å². The van der Waals surface area contributed by atoms with Crippen molar-refractivity contribution in [2.45, 2.75) is 31.6 Å². The number of piperidine rings is 1. The number of likely N-dealkylation sites (N-methyl/N-ethyl adjacent to an activating group) is 1. The van der Waals surface area contributed by atoms with Gasteiger partial charge in [0.05, 0.1) is 11.8 Å². The fraction of sp³-hybridized carbons (Fsp3) is 0.400. The Morgan fingerprint density at radius 1 is 1.00 bits per heavy atom. The molecule has 2 aromatic rings. The number of para-hydroxylation sites is 1. The predicted molar refractivity (Wildman–Crippen MR) is 120 cm³/mol. The third-order valence-corrected chi connectivity index (χ3v) is 6.60. The third kappa shape index (κ3) is 3.82. The second kappa shape index (κ2) is 8.17. The molecule has 0 aliphatic carbocycles. The number of fused-ring (bicyclic) bond motifs is 2. The van der Waals surface area contributed by atoms with E-state index in [1.807, 2.05) is 60.4 Å². The summed E-state index contributed by atoms with van der Waals surface area (Å²) >= 11 is 0. The summed E-state index contributed by atoms with van der Waals surface area (Å²) in [5.74, 6) is -0.0301. The Morgan fingerprint density at radius 3 is 2.29 bits per heavy atom. The highest BCUT2D eigenvalue weighted by atomic mass is 16.2. The largest absolute Gasteiger partial charge is 0.347 e. The van der Waals surface area contributed by atoms with Crippen molar-refractivity contribution in [2.24, 2.45) is 0 Å². The minimum atomic E-state index is -0.649. The van der Waals surface area contributed by atoms with Gasteiger partial charge in [-0.2, -0.15) is 0 Å². The van der Waals surface area contributed by atoms with Gasteiger partial charge < -0.3 is 14.7 Å². The molecule has 4 rings (SSSR count). The molecule has 0 bridgehead atoms. The van der Waals surface area contributed by atoms with Gasteiger partial charge in [-0.1, -0.05) is 48.0 Å². The number of anilines is 1. The first-order valence-electron chi connectivity index (χ1n) is 10.8. The lowest BCUT2D eigenvalue weighted by Crippen LogP contribution is -2.51. The number of hydrogen-bond acceptors (Lipinski definition) is 3. The lowest BCUT2D eigenvalue weighted by atomic mass is 9.73. The number of amides is 3. The van der Waals surface area contributed by atoms with E-state index in [0.29, 0.717) is 32.4 Å². The zero-order valence-corrected chi connectivity index (χ0v) is 18.4. The number of carbonyl (C=O) groups is 3. The zero-order chi connectivity index (χ0) is 22.2. The average molecular weight is 420 g/mol. The summed E-state index contributed by atoms with van der Waals surface area (Å²) in [5, 5.41) is 0. The van der Waals surface area contributed by atoms with Gasteiger partial charge in [0, 0.05) is 32.9 Å². The van der Waals surface area contributed by atoms with Crippen LogP contribution in [0.5, 0.6) is 0 Å². The number of rotatable bonds is 4. The number of likely N-dealkylation sites (tertiary alicyclic amines) is 1. The minimum Gasteiger partial charge on any atom is -0.347 e. The Balaban J connectivity index is 1.50. The fourth-order valence-electron chi connectivity index (χ4n) is 4.64. The van der Waals surface area contributed by atoms with E-state index in [1.54, 1.807) is 19.0 Å². The van der Waals surface area contributed by atoms with Crippen molar-refractivity contribution in [3.8, 4) is 0 Å². The summed E-state index contributed by atoms with van der Waals surface area (Å²) in [4.78, 5) is 43.7.